The molecule has 30 heavy (non-hydrogen) atoms. The van der Waals surface area contributed by atoms with Crippen LogP contribution in [-0.2, 0) is 14.3 Å². The van der Waals surface area contributed by atoms with Gasteiger partial charge in [-0.2, -0.15) is 0 Å². The van der Waals surface area contributed by atoms with E-state index in [2.05, 4.69) is 41.5 Å². The zero-order chi connectivity index (χ0) is 21.5. The van der Waals surface area contributed by atoms with E-state index in [1.54, 1.807) is 0 Å². The average Bonchev–Trinajstić information content (AvgIpc) is 3.32. The maximum atomic E-state index is 12.3. The summed E-state index contributed by atoms with van der Waals surface area (Å²) in [6.45, 7) is 6.08. The summed E-state index contributed by atoms with van der Waals surface area (Å²) in [7, 11) is 1.46. The molecule has 1 amide bonds. The summed E-state index contributed by atoms with van der Waals surface area (Å²) < 4.78 is 5.00. The first kappa shape index (κ1) is 22.6. The predicted octanol–water partition coefficient (Wildman–Crippen LogP) is 3.96. The number of rotatable bonds is 8. The van der Waals surface area contributed by atoms with E-state index in [9.17, 15) is 9.59 Å². The Hall–Kier alpha value is -2.08. The molecule has 0 aromatic heterocycles. The number of benzene rings is 1. The fraction of sp³-hybridized carbons (Fsp3) is 0.667. The number of nitrogens with zero attached hydrogens (tertiary/aromatic N) is 1. The van der Waals surface area contributed by atoms with Crippen LogP contribution >= 0.6 is 0 Å². The molecule has 1 saturated carbocycles. The van der Waals surface area contributed by atoms with Crippen molar-refractivity contribution in [1.82, 2.24) is 5.32 Å². The Morgan fingerprint density at radius 1 is 1.10 bits per heavy atom. The lowest BCUT2D eigenvalue weighted by Crippen LogP contribution is -2.51. The summed E-state index contributed by atoms with van der Waals surface area (Å²) in [4.78, 5) is 26.8. The molecule has 3 rings (SSSR count). The maximum absolute atomic E-state index is 12.3. The number of esters is 1. The summed E-state index contributed by atoms with van der Waals surface area (Å²) in [6, 6.07) is 8.28. The minimum atomic E-state index is -0.237. The van der Waals surface area contributed by atoms with Gasteiger partial charge in [-0.05, 0) is 55.9 Å². The summed E-state index contributed by atoms with van der Waals surface area (Å²) in [5, 5.41) is 6.60. The van der Waals surface area contributed by atoms with Gasteiger partial charge in [-0.3, -0.25) is 9.59 Å². The molecule has 2 N–H and O–H groups in total. The molecule has 166 valence electrons. The number of nitrogens with one attached hydrogen (secondary N) is 2. The fourth-order valence-corrected chi connectivity index (χ4v) is 4.57. The quantitative estimate of drug-likeness (QED) is 0.629. The number of amides is 1. The molecule has 6 nitrogen and oxygen atoms in total. The first-order valence-corrected chi connectivity index (χ1v) is 11.5. The second kappa shape index (κ2) is 10.8. The van der Waals surface area contributed by atoms with Crippen molar-refractivity contribution >= 4 is 23.3 Å². The summed E-state index contributed by atoms with van der Waals surface area (Å²) in [5.74, 6) is 0.429. The molecule has 0 bridgehead atoms. The summed E-state index contributed by atoms with van der Waals surface area (Å²) in [6.07, 6.45) is 7.28. The van der Waals surface area contributed by atoms with Crippen LogP contribution < -0.4 is 15.5 Å². The van der Waals surface area contributed by atoms with Gasteiger partial charge in [-0.25, -0.2) is 0 Å². The summed E-state index contributed by atoms with van der Waals surface area (Å²) in [5.41, 5.74) is 2.06. The summed E-state index contributed by atoms with van der Waals surface area (Å²) >= 11 is 0. The zero-order valence-electron chi connectivity index (χ0n) is 18.7. The Kier molecular flexibility index (Phi) is 8.14. The van der Waals surface area contributed by atoms with Crippen molar-refractivity contribution in [2.45, 2.75) is 70.9 Å². The maximum Gasteiger partial charge on any atom is 0.323 e. The average molecular weight is 416 g/mol. The number of hydrogen-bond donors (Lipinski definition) is 2. The molecule has 0 spiro atoms. The third-order valence-electron chi connectivity index (χ3n) is 6.80. The van der Waals surface area contributed by atoms with Gasteiger partial charge in [0.05, 0.1) is 7.11 Å². The molecule has 1 aliphatic carbocycles. The van der Waals surface area contributed by atoms with Gasteiger partial charge in [0.25, 0.3) is 0 Å². The highest BCUT2D eigenvalue weighted by Gasteiger charge is 2.29. The molecule has 0 unspecified atom stereocenters. The highest BCUT2D eigenvalue weighted by atomic mass is 16.5. The van der Waals surface area contributed by atoms with Gasteiger partial charge < -0.3 is 20.3 Å². The topological polar surface area (TPSA) is 70.7 Å². The monoisotopic (exact) mass is 415 g/mol. The van der Waals surface area contributed by atoms with Gasteiger partial charge in [-0.1, -0.05) is 33.1 Å². The van der Waals surface area contributed by atoms with Crippen LogP contribution in [0.1, 0.15) is 58.8 Å². The Bertz CT molecular complexity index is 692. The molecule has 1 aliphatic heterocycles. The van der Waals surface area contributed by atoms with Crippen LogP contribution in [0.5, 0.6) is 0 Å². The van der Waals surface area contributed by atoms with E-state index >= 15 is 0 Å². The first-order chi connectivity index (χ1) is 14.5. The van der Waals surface area contributed by atoms with Crippen molar-refractivity contribution in [1.29, 1.82) is 0 Å². The largest absolute Gasteiger partial charge is 0.468 e. The lowest BCUT2D eigenvalue weighted by atomic mass is 9.96. The Balaban J connectivity index is 1.49. The van der Waals surface area contributed by atoms with Crippen LogP contribution in [0.3, 0.4) is 0 Å². The number of ether oxygens (including phenoxy) is 1. The molecule has 1 aromatic rings. The highest BCUT2D eigenvalue weighted by Crippen LogP contribution is 2.27. The normalized spacial score (nSPS) is 20.0. The SMILES string of the molecule is CC[C@H](C)[C@H](NC1CCN(c2ccc(NC(=O)C3CCCC3)cc2)CC1)C(=O)OC. The van der Waals surface area contributed by atoms with Crippen LogP contribution in [-0.4, -0.2) is 44.2 Å². The molecule has 1 aromatic carbocycles. The van der Waals surface area contributed by atoms with Crippen LogP contribution in [0, 0.1) is 11.8 Å². The van der Waals surface area contributed by atoms with Crippen molar-refractivity contribution in [2.24, 2.45) is 11.8 Å². The van der Waals surface area contributed by atoms with E-state index in [0.717, 1.165) is 50.9 Å². The lowest BCUT2D eigenvalue weighted by Gasteiger charge is -2.36. The predicted molar refractivity (Wildman–Crippen MR) is 121 cm³/mol. The standard InChI is InChI=1S/C24H37N3O3/c1-4-17(2)22(24(29)30-3)25-20-13-15-27(16-14-20)21-11-9-19(10-12-21)26-23(28)18-7-5-6-8-18/h9-12,17-18,20,22,25H,4-8,13-16H2,1-3H3,(H,26,28)/t17-,22-/m0/s1. The lowest BCUT2D eigenvalue weighted by molar-refractivity contribution is -0.144. The molecular weight excluding hydrogens is 378 g/mol. The van der Waals surface area contributed by atoms with Crippen molar-refractivity contribution < 1.29 is 14.3 Å². The van der Waals surface area contributed by atoms with Crippen molar-refractivity contribution in [2.75, 3.05) is 30.4 Å². The molecule has 1 saturated heterocycles. The van der Waals surface area contributed by atoms with Crippen LogP contribution in [0.4, 0.5) is 11.4 Å². The number of carbonyl (C=O) groups excluding carboxylic acids is 2. The van der Waals surface area contributed by atoms with E-state index in [1.165, 1.54) is 25.6 Å². The Morgan fingerprint density at radius 2 is 1.73 bits per heavy atom. The van der Waals surface area contributed by atoms with E-state index in [1.807, 2.05) is 12.1 Å². The van der Waals surface area contributed by atoms with Crippen LogP contribution in [0.2, 0.25) is 0 Å². The van der Waals surface area contributed by atoms with Gasteiger partial charge in [0.15, 0.2) is 0 Å². The van der Waals surface area contributed by atoms with Crippen LogP contribution in [0.25, 0.3) is 0 Å². The van der Waals surface area contributed by atoms with E-state index in [4.69, 9.17) is 4.74 Å². The second-order valence-corrected chi connectivity index (χ2v) is 8.83. The van der Waals surface area contributed by atoms with Gasteiger partial charge in [0.1, 0.15) is 6.04 Å². The molecular formula is C24H37N3O3. The smallest absolute Gasteiger partial charge is 0.323 e. The molecule has 1 heterocycles. The molecule has 6 heteroatoms. The number of piperidine rings is 1. The van der Waals surface area contributed by atoms with Gasteiger partial charge >= 0.3 is 5.97 Å². The minimum absolute atomic E-state index is 0.161. The highest BCUT2D eigenvalue weighted by molar-refractivity contribution is 5.92. The van der Waals surface area contributed by atoms with E-state index < -0.39 is 0 Å². The van der Waals surface area contributed by atoms with Crippen molar-refractivity contribution in [3.63, 3.8) is 0 Å². The number of hydrogen-bond acceptors (Lipinski definition) is 5. The van der Waals surface area contributed by atoms with Gasteiger partial charge in [0, 0.05) is 36.4 Å². The van der Waals surface area contributed by atoms with E-state index in [0.29, 0.717) is 6.04 Å². The third kappa shape index (κ3) is 5.75. The van der Waals surface area contributed by atoms with E-state index in [-0.39, 0.29) is 29.8 Å². The molecule has 2 fully saturated rings. The number of anilines is 2. The van der Waals surface area contributed by atoms with Crippen molar-refractivity contribution in [3.05, 3.63) is 24.3 Å². The Labute approximate surface area is 180 Å². The number of carbonyl (C=O) groups is 2. The zero-order valence-corrected chi connectivity index (χ0v) is 18.7. The number of methoxy groups -OCH3 is 1. The minimum Gasteiger partial charge on any atom is -0.468 e. The molecule has 0 radical (unpaired) electrons. The second-order valence-electron chi connectivity index (χ2n) is 8.83. The third-order valence-corrected chi connectivity index (χ3v) is 6.80. The fourth-order valence-electron chi connectivity index (χ4n) is 4.57. The van der Waals surface area contributed by atoms with Gasteiger partial charge in [0.2, 0.25) is 5.91 Å². The van der Waals surface area contributed by atoms with Gasteiger partial charge in [-0.15, -0.1) is 0 Å². The van der Waals surface area contributed by atoms with Crippen molar-refractivity contribution in [3.8, 4) is 0 Å². The molecule has 2 aliphatic rings. The first-order valence-electron chi connectivity index (χ1n) is 11.5. The van der Waals surface area contributed by atoms with Crippen LogP contribution in [0.15, 0.2) is 24.3 Å². The molecule has 2 atom stereocenters. The Morgan fingerprint density at radius 3 is 2.30 bits per heavy atom.